The Labute approximate surface area is 122 Å². The van der Waals surface area contributed by atoms with Crippen LogP contribution >= 0.6 is 11.6 Å². The lowest BCUT2D eigenvalue weighted by molar-refractivity contribution is 0.0982. The van der Waals surface area contributed by atoms with Gasteiger partial charge in [-0.15, -0.1) is 0 Å². The lowest BCUT2D eigenvalue weighted by atomic mass is 10.0. The van der Waals surface area contributed by atoms with Gasteiger partial charge in [-0.2, -0.15) is 0 Å². The summed E-state index contributed by atoms with van der Waals surface area (Å²) in [7, 11) is 0. The molecule has 0 spiro atoms. The number of benzene rings is 1. The second kappa shape index (κ2) is 5.63. The van der Waals surface area contributed by atoms with Crippen molar-refractivity contribution in [3.63, 3.8) is 0 Å². The molecule has 0 radical (unpaired) electrons. The van der Waals surface area contributed by atoms with Gasteiger partial charge in [0.2, 0.25) is 0 Å². The monoisotopic (exact) mass is 287 g/mol. The van der Waals surface area contributed by atoms with Crippen molar-refractivity contribution in [1.29, 1.82) is 0 Å². The van der Waals surface area contributed by atoms with Crippen molar-refractivity contribution in [3.8, 4) is 5.75 Å². The Kier molecular flexibility index (Phi) is 3.70. The van der Waals surface area contributed by atoms with E-state index in [0.717, 1.165) is 25.2 Å². The average Bonchev–Trinajstić information content (AvgIpc) is 2.93. The zero-order valence-corrected chi connectivity index (χ0v) is 11.7. The average molecular weight is 288 g/mol. The van der Waals surface area contributed by atoms with Gasteiger partial charge in [-0.1, -0.05) is 23.7 Å². The number of hydrogen-bond donors (Lipinski definition) is 0. The number of aryl methyl sites for hydroxylation is 1. The van der Waals surface area contributed by atoms with E-state index in [4.69, 9.17) is 16.3 Å². The zero-order chi connectivity index (χ0) is 13.9. The summed E-state index contributed by atoms with van der Waals surface area (Å²) in [6.07, 6.45) is 3.69. The van der Waals surface area contributed by atoms with Crippen molar-refractivity contribution in [1.82, 2.24) is 4.98 Å². The van der Waals surface area contributed by atoms with E-state index < -0.39 is 0 Å². The maximum absolute atomic E-state index is 12.1. The molecule has 3 nitrogen and oxygen atoms in total. The molecule has 0 atom stereocenters. The third kappa shape index (κ3) is 2.83. The van der Waals surface area contributed by atoms with E-state index in [-0.39, 0.29) is 5.78 Å². The van der Waals surface area contributed by atoms with Crippen LogP contribution in [0.4, 0.5) is 0 Å². The standard InChI is InChI=1S/C16H14ClNO2/c17-16-6-3-13(10-18-16)14(19)4-1-11-2-5-15-12(9-11)7-8-20-15/h2-3,5-6,9-10H,1,4,7-8H2. The first-order valence-electron chi connectivity index (χ1n) is 6.62. The highest BCUT2D eigenvalue weighted by Crippen LogP contribution is 2.26. The highest BCUT2D eigenvalue weighted by Gasteiger charge is 2.13. The molecule has 1 aromatic carbocycles. The molecule has 20 heavy (non-hydrogen) atoms. The lowest BCUT2D eigenvalue weighted by Gasteiger charge is -2.04. The second-order valence-corrected chi connectivity index (χ2v) is 5.22. The van der Waals surface area contributed by atoms with Gasteiger partial charge in [0.1, 0.15) is 10.9 Å². The molecular formula is C16H14ClNO2. The number of fused-ring (bicyclic) bond motifs is 1. The first-order valence-corrected chi connectivity index (χ1v) is 6.99. The normalized spacial score (nSPS) is 12.8. The van der Waals surface area contributed by atoms with E-state index in [0.29, 0.717) is 17.1 Å². The number of carbonyl (C=O) groups is 1. The molecule has 2 heterocycles. The van der Waals surface area contributed by atoms with Crippen LogP contribution in [-0.2, 0) is 12.8 Å². The SMILES string of the molecule is O=C(CCc1ccc2c(c1)CCO2)c1ccc(Cl)nc1. The predicted octanol–water partition coefficient (Wildman–Crippen LogP) is 3.49. The van der Waals surface area contributed by atoms with Crippen molar-refractivity contribution in [2.24, 2.45) is 0 Å². The van der Waals surface area contributed by atoms with Crippen molar-refractivity contribution in [2.45, 2.75) is 19.3 Å². The third-order valence-corrected chi connectivity index (χ3v) is 3.67. The third-order valence-electron chi connectivity index (χ3n) is 3.44. The molecule has 0 fully saturated rings. The van der Waals surface area contributed by atoms with Crippen LogP contribution in [-0.4, -0.2) is 17.4 Å². The van der Waals surface area contributed by atoms with Gasteiger partial charge in [0.25, 0.3) is 0 Å². The molecule has 0 bridgehead atoms. The molecule has 4 heteroatoms. The Morgan fingerprint density at radius 1 is 1.30 bits per heavy atom. The molecule has 0 saturated heterocycles. The largest absolute Gasteiger partial charge is 0.493 e. The summed E-state index contributed by atoms with van der Waals surface area (Å²) < 4.78 is 5.47. The fourth-order valence-corrected chi connectivity index (χ4v) is 2.45. The smallest absolute Gasteiger partial charge is 0.164 e. The minimum Gasteiger partial charge on any atom is -0.493 e. The molecule has 0 N–H and O–H groups in total. The van der Waals surface area contributed by atoms with E-state index in [2.05, 4.69) is 11.1 Å². The highest BCUT2D eigenvalue weighted by molar-refractivity contribution is 6.29. The van der Waals surface area contributed by atoms with Gasteiger partial charge in [-0.3, -0.25) is 4.79 Å². The summed E-state index contributed by atoms with van der Waals surface area (Å²) in [4.78, 5) is 16.0. The minimum atomic E-state index is 0.0888. The summed E-state index contributed by atoms with van der Waals surface area (Å²) in [5, 5.41) is 0.403. The molecule has 1 aliphatic heterocycles. The molecule has 0 unspecified atom stereocenters. The quantitative estimate of drug-likeness (QED) is 0.638. The molecule has 1 aromatic heterocycles. The van der Waals surface area contributed by atoms with Crippen LogP contribution in [0.25, 0.3) is 0 Å². The molecule has 0 aliphatic carbocycles. The lowest BCUT2D eigenvalue weighted by Crippen LogP contribution is -2.02. The van der Waals surface area contributed by atoms with E-state index in [1.807, 2.05) is 12.1 Å². The van der Waals surface area contributed by atoms with Gasteiger partial charge in [-0.05, 0) is 35.7 Å². The highest BCUT2D eigenvalue weighted by atomic mass is 35.5. The Morgan fingerprint density at radius 2 is 2.20 bits per heavy atom. The van der Waals surface area contributed by atoms with Gasteiger partial charge >= 0.3 is 0 Å². The Balaban J connectivity index is 1.64. The number of Topliss-reactive ketones (excluding diaryl/α,β-unsaturated/α-hetero) is 1. The van der Waals surface area contributed by atoms with Crippen LogP contribution < -0.4 is 4.74 Å². The molecule has 0 amide bonds. The number of halogens is 1. The number of nitrogens with zero attached hydrogens (tertiary/aromatic N) is 1. The maximum Gasteiger partial charge on any atom is 0.164 e. The number of ether oxygens (including phenoxy) is 1. The number of ketones is 1. The molecule has 2 aromatic rings. The van der Waals surface area contributed by atoms with Crippen molar-refractivity contribution in [3.05, 3.63) is 58.4 Å². The number of aromatic nitrogens is 1. The first kappa shape index (κ1) is 13.1. The summed E-state index contributed by atoms with van der Waals surface area (Å²) in [6, 6.07) is 9.51. The summed E-state index contributed by atoms with van der Waals surface area (Å²) in [6.45, 7) is 0.758. The van der Waals surface area contributed by atoms with Crippen LogP contribution in [0.2, 0.25) is 5.15 Å². The van der Waals surface area contributed by atoms with Crippen LogP contribution in [0, 0.1) is 0 Å². The van der Waals surface area contributed by atoms with E-state index >= 15 is 0 Å². The molecule has 1 aliphatic rings. The van der Waals surface area contributed by atoms with Crippen LogP contribution in [0.3, 0.4) is 0 Å². The van der Waals surface area contributed by atoms with Crippen LogP contribution in [0.15, 0.2) is 36.5 Å². The molecule has 0 saturated carbocycles. The number of pyridine rings is 1. The number of rotatable bonds is 4. The second-order valence-electron chi connectivity index (χ2n) is 4.83. The van der Waals surface area contributed by atoms with Gasteiger partial charge in [0, 0.05) is 24.6 Å². The maximum atomic E-state index is 12.1. The van der Waals surface area contributed by atoms with E-state index in [1.54, 1.807) is 12.1 Å². The fraction of sp³-hybridized carbons (Fsp3) is 0.250. The Bertz CT molecular complexity index is 637. The molecular weight excluding hydrogens is 274 g/mol. The van der Waals surface area contributed by atoms with Gasteiger partial charge in [-0.25, -0.2) is 4.98 Å². The molecule has 102 valence electrons. The van der Waals surface area contributed by atoms with Gasteiger partial charge in [0.05, 0.1) is 6.61 Å². The topological polar surface area (TPSA) is 39.2 Å². The summed E-state index contributed by atoms with van der Waals surface area (Å²) in [5.41, 5.74) is 3.02. The Hall–Kier alpha value is -1.87. The van der Waals surface area contributed by atoms with Gasteiger partial charge in [0.15, 0.2) is 5.78 Å². The summed E-state index contributed by atoms with van der Waals surface area (Å²) >= 11 is 5.71. The zero-order valence-electron chi connectivity index (χ0n) is 10.9. The first-order chi connectivity index (χ1) is 9.72. The minimum absolute atomic E-state index is 0.0888. The van der Waals surface area contributed by atoms with E-state index in [1.165, 1.54) is 17.3 Å². The number of hydrogen-bond acceptors (Lipinski definition) is 3. The number of carbonyl (C=O) groups excluding carboxylic acids is 1. The summed E-state index contributed by atoms with van der Waals surface area (Å²) in [5.74, 6) is 1.06. The molecule has 3 rings (SSSR count). The fourth-order valence-electron chi connectivity index (χ4n) is 2.34. The van der Waals surface area contributed by atoms with Crippen molar-refractivity contribution >= 4 is 17.4 Å². The van der Waals surface area contributed by atoms with Gasteiger partial charge < -0.3 is 4.74 Å². The van der Waals surface area contributed by atoms with Crippen molar-refractivity contribution in [2.75, 3.05) is 6.61 Å². The van der Waals surface area contributed by atoms with Crippen LogP contribution in [0.1, 0.15) is 27.9 Å². The van der Waals surface area contributed by atoms with E-state index in [9.17, 15) is 4.79 Å². The Morgan fingerprint density at radius 3 is 3.00 bits per heavy atom. The van der Waals surface area contributed by atoms with Crippen LogP contribution in [0.5, 0.6) is 5.75 Å². The predicted molar refractivity (Wildman–Crippen MR) is 77.5 cm³/mol. The van der Waals surface area contributed by atoms with Crippen molar-refractivity contribution < 1.29 is 9.53 Å².